The van der Waals surface area contributed by atoms with E-state index in [1.165, 1.54) is 5.56 Å². The van der Waals surface area contributed by atoms with Crippen LogP contribution in [0.2, 0.25) is 5.02 Å². The SMILES string of the molecule is O=C(CCc1ccccc1)N1CCCC(OCc2cccc(Cl)c2)C1. The second kappa shape index (κ2) is 9.02. The fraction of sp³-hybridized carbons (Fsp3) is 0.381. The summed E-state index contributed by atoms with van der Waals surface area (Å²) >= 11 is 6.01. The third-order valence-corrected chi connectivity index (χ3v) is 4.81. The highest BCUT2D eigenvalue weighted by Crippen LogP contribution is 2.18. The van der Waals surface area contributed by atoms with Gasteiger partial charge in [0.25, 0.3) is 0 Å². The van der Waals surface area contributed by atoms with Crippen LogP contribution in [0.3, 0.4) is 0 Å². The number of hydrogen-bond donors (Lipinski definition) is 0. The summed E-state index contributed by atoms with van der Waals surface area (Å²) < 4.78 is 6.01. The molecular weight excluding hydrogens is 334 g/mol. The van der Waals surface area contributed by atoms with E-state index < -0.39 is 0 Å². The van der Waals surface area contributed by atoms with E-state index in [1.807, 2.05) is 47.4 Å². The number of ether oxygens (including phenoxy) is 1. The molecule has 1 fully saturated rings. The molecule has 0 saturated carbocycles. The summed E-state index contributed by atoms with van der Waals surface area (Å²) in [4.78, 5) is 14.4. The Morgan fingerprint density at radius 1 is 1.12 bits per heavy atom. The standard InChI is InChI=1S/C21H24ClNO2/c22-19-9-4-8-18(14-19)16-25-20-10-5-13-23(15-20)21(24)12-11-17-6-2-1-3-7-17/h1-4,6-9,14,20H,5,10-13,15-16H2. The summed E-state index contributed by atoms with van der Waals surface area (Å²) in [6, 6.07) is 17.9. The fourth-order valence-electron chi connectivity index (χ4n) is 3.20. The molecule has 1 amide bonds. The Kier molecular flexibility index (Phi) is 6.48. The quantitative estimate of drug-likeness (QED) is 0.762. The van der Waals surface area contributed by atoms with Crippen molar-refractivity contribution < 1.29 is 9.53 Å². The lowest BCUT2D eigenvalue weighted by atomic mass is 10.1. The van der Waals surface area contributed by atoms with Crippen molar-refractivity contribution in [1.82, 2.24) is 4.90 Å². The monoisotopic (exact) mass is 357 g/mol. The van der Waals surface area contributed by atoms with Crippen LogP contribution < -0.4 is 0 Å². The molecule has 1 saturated heterocycles. The van der Waals surface area contributed by atoms with Crippen LogP contribution in [0.25, 0.3) is 0 Å². The predicted octanol–water partition coefficient (Wildman–Crippen LogP) is 4.48. The normalized spacial score (nSPS) is 17.5. The minimum Gasteiger partial charge on any atom is -0.372 e. The molecule has 0 bridgehead atoms. The smallest absolute Gasteiger partial charge is 0.222 e. The van der Waals surface area contributed by atoms with E-state index in [1.54, 1.807) is 0 Å². The summed E-state index contributed by atoms with van der Waals surface area (Å²) in [6.07, 6.45) is 3.46. The Balaban J connectivity index is 1.46. The van der Waals surface area contributed by atoms with Crippen LogP contribution >= 0.6 is 11.6 Å². The number of benzene rings is 2. The van der Waals surface area contributed by atoms with Crippen LogP contribution in [0.5, 0.6) is 0 Å². The number of nitrogens with zero attached hydrogens (tertiary/aromatic N) is 1. The van der Waals surface area contributed by atoms with Crippen molar-refractivity contribution in [1.29, 1.82) is 0 Å². The molecule has 1 aliphatic heterocycles. The first-order valence-electron chi connectivity index (χ1n) is 8.88. The van der Waals surface area contributed by atoms with Gasteiger partial charge in [0.15, 0.2) is 0 Å². The number of halogens is 1. The van der Waals surface area contributed by atoms with E-state index in [2.05, 4.69) is 12.1 Å². The highest BCUT2D eigenvalue weighted by atomic mass is 35.5. The summed E-state index contributed by atoms with van der Waals surface area (Å²) in [5, 5.41) is 0.725. The number of amides is 1. The van der Waals surface area contributed by atoms with Crippen molar-refractivity contribution in [3.63, 3.8) is 0 Å². The van der Waals surface area contributed by atoms with Crippen LogP contribution in [0.15, 0.2) is 54.6 Å². The van der Waals surface area contributed by atoms with Crippen molar-refractivity contribution >= 4 is 17.5 Å². The maximum absolute atomic E-state index is 12.5. The van der Waals surface area contributed by atoms with E-state index in [4.69, 9.17) is 16.3 Å². The Hall–Kier alpha value is -1.84. The molecule has 3 nitrogen and oxygen atoms in total. The summed E-state index contributed by atoms with van der Waals surface area (Å²) in [5.41, 5.74) is 2.28. The lowest BCUT2D eigenvalue weighted by Gasteiger charge is -2.33. The Bertz CT molecular complexity index is 689. The first-order valence-corrected chi connectivity index (χ1v) is 9.26. The van der Waals surface area contributed by atoms with E-state index in [0.717, 1.165) is 36.4 Å². The van der Waals surface area contributed by atoms with Gasteiger partial charge in [-0.25, -0.2) is 0 Å². The third-order valence-electron chi connectivity index (χ3n) is 4.58. The van der Waals surface area contributed by atoms with Crippen LogP contribution in [0, 0.1) is 0 Å². The van der Waals surface area contributed by atoms with Crippen molar-refractivity contribution in [2.24, 2.45) is 0 Å². The molecule has 2 aromatic rings. The van der Waals surface area contributed by atoms with Crippen LogP contribution in [-0.2, 0) is 22.6 Å². The van der Waals surface area contributed by atoms with Gasteiger partial charge in [-0.15, -0.1) is 0 Å². The molecule has 25 heavy (non-hydrogen) atoms. The van der Waals surface area contributed by atoms with E-state index >= 15 is 0 Å². The molecule has 1 atom stereocenters. The lowest BCUT2D eigenvalue weighted by Crippen LogP contribution is -2.43. The van der Waals surface area contributed by atoms with E-state index in [-0.39, 0.29) is 12.0 Å². The molecule has 0 N–H and O–H groups in total. The van der Waals surface area contributed by atoms with E-state index in [9.17, 15) is 4.79 Å². The van der Waals surface area contributed by atoms with Gasteiger partial charge in [0, 0.05) is 24.5 Å². The zero-order chi connectivity index (χ0) is 17.5. The molecule has 4 heteroatoms. The molecule has 0 spiro atoms. The first kappa shape index (κ1) is 18.0. The fourth-order valence-corrected chi connectivity index (χ4v) is 3.41. The molecule has 0 radical (unpaired) electrons. The van der Waals surface area contributed by atoms with Crippen LogP contribution in [0.4, 0.5) is 0 Å². The predicted molar refractivity (Wildman–Crippen MR) is 101 cm³/mol. The van der Waals surface area contributed by atoms with Crippen LogP contribution in [-0.4, -0.2) is 30.0 Å². The number of carbonyl (C=O) groups excluding carboxylic acids is 1. The van der Waals surface area contributed by atoms with Gasteiger partial charge in [-0.1, -0.05) is 54.1 Å². The van der Waals surface area contributed by atoms with Gasteiger partial charge >= 0.3 is 0 Å². The minimum absolute atomic E-state index is 0.105. The Morgan fingerprint density at radius 3 is 2.72 bits per heavy atom. The molecule has 0 aliphatic carbocycles. The van der Waals surface area contributed by atoms with Crippen molar-refractivity contribution in [2.45, 2.75) is 38.4 Å². The second-order valence-electron chi connectivity index (χ2n) is 6.53. The maximum Gasteiger partial charge on any atom is 0.222 e. The molecule has 3 rings (SSSR count). The topological polar surface area (TPSA) is 29.5 Å². The summed E-state index contributed by atoms with van der Waals surface area (Å²) in [7, 11) is 0. The molecule has 1 heterocycles. The van der Waals surface area contributed by atoms with Crippen molar-refractivity contribution in [3.05, 3.63) is 70.7 Å². The lowest BCUT2D eigenvalue weighted by molar-refractivity contribution is -0.135. The number of piperidine rings is 1. The number of rotatable bonds is 6. The van der Waals surface area contributed by atoms with Gasteiger partial charge in [0.2, 0.25) is 5.91 Å². The van der Waals surface area contributed by atoms with Gasteiger partial charge in [-0.3, -0.25) is 4.79 Å². The van der Waals surface area contributed by atoms with Gasteiger partial charge in [0.1, 0.15) is 0 Å². The maximum atomic E-state index is 12.5. The molecule has 132 valence electrons. The Labute approximate surface area is 154 Å². The second-order valence-corrected chi connectivity index (χ2v) is 6.97. The van der Waals surface area contributed by atoms with Crippen molar-refractivity contribution in [2.75, 3.05) is 13.1 Å². The zero-order valence-corrected chi connectivity index (χ0v) is 15.1. The average molecular weight is 358 g/mol. The average Bonchev–Trinajstić information content (AvgIpc) is 2.65. The van der Waals surface area contributed by atoms with Crippen molar-refractivity contribution in [3.8, 4) is 0 Å². The van der Waals surface area contributed by atoms with Gasteiger partial charge in [-0.2, -0.15) is 0 Å². The number of likely N-dealkylation sites (tertiary alicyclic amines) is 1. The largest absolute Gasteiger partial charge is 0.372 e. The van der Waals surface area contributed by atoms with Gasteiger partial charge in [0.05, 0.1) is 12.7 Å². The third kappa shape index (κ3) is 5.58. The zero-order valence-electron chi connectivity index (χ0n) is 14.4. The number of carbonyl (C=O) groups is 1. The molecule has 2 aromatic carbocycles. The first-order chi connectivity index (χ1) is 12.2. The molecule has 0 aromatic heterocycles. The highest BCUT2D eigenvalue weighted by molar-refractivity contribution is 6.30. The minimum atomic E-state index is 0.105. The highest BCUT2D eigenvalue weighted by Gasteiger charge is 2.23. The summed E-state index contributed by atoms with van der Waals surface area (Å²) in [6.45, 7) is 2.07. The van der Waals surface area contributed by atoms with Crippen LogP contribution in [0.1, 0.15) is 30.4 Å². The molecular formula is C21H24ClNO2. The van der Waals surface area contributed by atoms with E-state index in [0.29, 0.717) is 19.6 Å². The number of hydrogen-bond acceptors (Lipinski definition) is 2. The summed E-state index contributed by atoms with van der Waals surface area (Å²) in [5.74, 6) is 0.222. The van der Waals surface area contributed by atoms with Gasteiger partial charge in [-0.05, 0) is 42.5 Å². The molecule has 1 aliphatic rings. The van der Waals surface area contributed by atoms with Gasteiger partial charge < -0.3 is 9.64 Å². The molecule has 1 unspecified atom stereocenters. The Morgan fingerprint density at radius 2 is 1.92 bits per heavy atom. The number of aryl methyl sites for hydroxylation is 1.